The second-order valence-corrected chi connectivity index (χ2v) is 4.22. The first-order chi connectivity index (χ1) is 6.36. The largest absolute Gasteiger partial charge is 0.356 e. The van der Waals surface area contributed by atoms with Crippen LogP contribution in [0.1, 0.15) is 26.2 Å². The highest BCUT2D eigenvalue weighted by atomic mass is 15.2. The Hall–Kier alpha value is -0.730. The number of guanidine groups is 1. The molecule has 2 N–H and O–H groups in total. The smallest absolute Gasteiger partial charge is 0.191 e. The predicted octanol–water partition coefficient (Wildman–Crippen LogP) is 0.971. The van der Waals surface area contributed by atoms with Gasteiger partial charge in [-0.05, 0) is 31.1 Å². The van der Waals surface area contributed by atoms with E-state index in [2.05, 4.69) is 22.5 Å². The summed E-state index contributed by atoms with van der Waals surface area (Å²) in [5.74, 6) is 2.85. The molecule has 2 atom stereocenters. The maximum atomic E-state index is 4.44. The average molecular weight is 181 g/mol. The van der Waals surface area contributed by atoms with Crippen LogP contribution in [0.3, 0.4) is 0 Å². The Morgan fingerprint density at radius 3 is 3.15 bits per heavy atom. The summed E-state index contributed by atoms with van der Waals surface area (Å²) in [6, 6.07) is 0. The van der Waals surface area contributed by atoms with Gasteiger partial charge in [-0.15, -0.1) is 0 Å². The van der Waals surface area contributed by atoms with Crippen molar-refractivity contribution in [3.63, 3.8) is 0 Å². The van der Waals surface area contributed by atoms with Crippen LogP contribution >= 0.6 is 0 Å². The summed E-state index contributed by atoms with van der Waals surface area (Å²) in [6.07, 6.45) is 3.85. The van der Waals surface area contributed by atoms with Crippen LogP contribution in [0.5, 0.6) is 0 Å². The van der Waals surface area contributed by atoms with E-state index in [-0.39, 0.29) is 0 Å². The fraction of sp³-hybridized carbons (Fsp3) is 0.900. The SMILES string of the molecule is C[C@@H]1C[C@@H]1CNC1=NCCCCN1. The Morgan fingerprint density at radius 2 is 2.38 bits per heavy atom. The third kappa shape index (κ3) is 2.61. The van der Waals surface area contributed by atoms with Crippen LogP contribution in [-0.4, -0.2) is 25.6 Å². The maximum Gasteiger partial charge on any atom is 0.191 e. The molecule has 13 heavy (non-hydrogen) atoms. The van der Waals surface area contributed by atoms with E-state index >= 15 is 0 Å². The highest BCUT2D eigenvalue weighted by molar-refractivity contribution is 5.79. The molecule has 2 rings (SSSR count). The normalized spacial score (nSPS) is 32.8. The standard InChI is InChI=1S/C10H19N3/c1-8-6-9(8)7-13-10-11-4-2-3-5-12-10/h8-9H,2-7H2,1H3,(H2,11,12,13)/t8-,9-/m1/s1. The monoisotopic (exact) mass is 181 g/mol. The van der Waals surface area contributed by atoms with Gasteiger partial charge in [-0.25, -0.2) is 0 Å². The van der Waals surface area contributed by atoms with E-state index < -0.39 is 0 Å². The molecule has 0 aromatic carbocycles. The molecule has 0 unspecified atom stereocenters. The van der Waals surface area contributed by atoms with E-state index in [1.165, 1.54) is 19.3 Å². The van der Waals surface area contributed by atoms with E-state index in [0.717, 1.165) is 37.4 Å². The van der Waals surface area contributed by atoms with Gasteiger partial charge in [-0.3, -0.25) is 4.99 Å². The quantitative estimate of drug-likeness (QED) is 0.666. The summed E-state index contributed by atoms with van der Waals surface area (Å²) in [5.41, 5.74) is 0. The zero-order valence-electron chi connectivity index (χ0n) is 8.34. The van der Waals surface area contributed by atoms with Crippen molar-refractivity contribution in [2.24, 2.45) is 16.8 Å². The highest BCUT2D eigenvalue weighted by Crippen LogP contribution is 2.36. The number of rotatable bonds is 2. The molecule has 0 aromatic rings. The average Bonchev–Trinajstić information content (AvgIpc) is 2.85. The molecule has 74 valence electrons. The zero-order valence-corrected chi connectivity index (χ0v) is 8.34. The van der Waals surface area contributed by atoms with Gasteiger partial charge >= 0.3 is 0 Å². The molecule has 0 aromatic heterocycles. The minimum absolute atomic E-state index is 0.896. The predicted molar refractivity (Wildman–Crippen MR) is 54.8 cm³/mol. The maximum absolute atomic E-state index is 4.44. The van der Waals surface area contributed by atoms with Crippen LogP contribution in [0, 0.1) is 11.8 Å². The van der Waals surface area contributed by atoms with Gasteiger partial charge in [-0.2, -0.15) is 0 Å². The number of hydrogen-bond acceptors (Lipinski definition) is 3. The van der Waals surface area contributed by atoms with Gasteiger partial charge in [0.05, 0.1) is 0 Å². The molecule has 0 bridgehead atoms. The number of aliphatic imine (C=N–C) groups is 1. The molecule has 0 spiro atoms. The van der Waals surface area contributed by atoms with Crippen LogP contribution in [0.2, 0.25) is 0 Å². The Bertz CT molecular complexity index is 200. The lowest BCUT2D eigenvalue weighted by atomic mass is 10.3. The van der Waals surface area contributed by atoms with Gasteiger partial charge in [0.15, 0.2) is 5.96 Å². The van der Waals surface area contributed by atoms with E-state index in [1.807, 2.05) is 0 Å². The molecule has 1 aliphatic heterocycles. The summed E-state index contributed by atoms with van der Waals surface area (Å²) < 4.78 is 0. The first kappa shape index (κ1) is 8.85. The van der Waals surface area contributed by atoms with Gasteiger partial charge in [0.25, 0.3) is 0 Å². The van der Waals surface area contributed by atoms with Crippen LogP contribution in [0.4, 0.5) is 0 Å². The van der Waals surface area contributed by atoms with E-state index in [1.54, 1.807) is 0 Å². The lowest BCUT2D eigenvalue weighted by Crippen LogP contribution is -2.38. The second-order valence-electron chi connectivity index (χ2n) is 4.22. The van der Waals surface area contributed by atoms with Crippen LogP contribution in [0.15, 0.2) is 4.99 Å². The molecule has 0 saturated heterocycles. The van der Waals surface area contributed by atoms with Crippen molar-refractivity contribution >= 4 is 5.96 Å². The van der Waals surface area contributed by atoms with Crippen molar-refractivity contribution in [3.05, 3.63) is 0 Å². The van der Waals surface area contributed by atoms with Crippen LogP contribution in [-0.2, 0) is 0 Å². The first-order valence-electron chi connectivity index (χ1n) is 5.38. The van der Waals surface area contributed by atoms with E-state index in [0.29, 0.717) is 0 Å². The van der Waals surface area contributed by atoms with E-state index in [9.17, 15) is 0 Å². The van der Waals surface area contributed by atoms with Crippen LogP contribution < -0.4 is 10.6 Å². The lowest BCUT2D eigenvalue weighted by molar-refractivity contribution is 0.693. The summed E-state index contributed by atoms with van der Waals surface area (Å²) in [6.45, 7) is 5.48. The minimum atomic E-state index is 0.896. The van der Waals surface area contributed by atoms with Gasteiger partial charge in [0.2, 0.25) is 0 Å². The molecule has 1 fully saturated rings. The Labute approximate surface area is 80.0 Å². The summed E-state index contributed by atoms with van der Waals surface area (Å²) in [5, 5.41) is 6.71. The summed E-state index contributed by atoms with van der Waals surface area (Å²) in [7, 11) is 0. The van der Waals surface area contributed by atoms with Crippen molar-refractivity contribution in [1.29, 1.82) is 0 Å². The molecule has 2 aliphatic rings. The Balaban J connectivity index is 1.70. The molecular weight excluding hydrogens is 162 g/mol. The van der Waals surface area contributed by atoms with Crippen molar-refractivity contribution in [1.82, 2.24) is 10.6 Å². The molecule has 1 heterocycles. The molecule has 0 amide bonds. The molecule has 3 heteroatoms. The number of nitrogens with zero attached hydrogens (tertiary/aromatic N) is 1. The summed E-state index contributed by atoms with van der Waals surface area (Å²) >= 11 is 0. The van der Waals surface area contributed by atoms with E-state index in [4.69, 9.17) is 0 Å². The molecule has 1 aliphatic carbocycles. The van der Waals surface area contributed by atoms with Crippen LogP contribution in [0.25, 0.3) is 0 Å². The van der Waals surface area contributed by atoms with Crippen molar-refractivity contribution in [2.75, 3.05) is 19.6 Å². The first-order valence-corrected chi connectivity index (χ1v) is 5.38. The highest BCUT2D eigenvalue weighted by Gasteiger charge is 2.32. The lowest BCUT2D eigenvalue weighted by Gasteiger charge is -2.08. The van der Waals surface area contributed by atoms with Gasteiger partial charge < -0.3 is 10.6 Å². The van der Waals surface area contributed by atoms with Gasteiger partial charge in [0, 0.05) is 19.6 Å². The molecular formula is C10H19N3. The fourth-order valence-electron chi connectivity index (χ4n) is 1.72. The third-order valence-electron chi connectivity index (χ3n) is 2.96. The molecule has 0 radical (unpaired) electrons. The van der Waals surface area contributed by atoms with Gasteiger partial charge in [-0.1, -0.05) is 6.92 Å². The minimum Gasteiger partial charge on any atom is -0.356 e. The number of nitrogens with one attached hydrogen (secondary N) is 2. The topological polar surface area (TPSA) is 36.4 Å². The summed E-state index contributed by atoms with van der Waals surface area (Å²) in [4.78, 5) is 4.44. The third-order valence-corrected chi connectivity index (χ3v) is 2.96. The Kier molecular flexibility index (Phi) is 2.71. The van der Waals surface area contributed by atoms with Crippen molar-refractivity contribution in [2.45, 2.75) is 26.2 Å². The zero-order chi connectivity index (χ0) is 9.10. The molecule has 1 saturated carbocycles. The Morgan fingerprint density at radius 1 is 1.54 bits per heavy atom. The van der Waals surface area contributed by atoms with Crippen molar-refractivity contribution in [3.8, 4) is 0 Å². The second kappa shape index (κ2) is 3.99. The fourth-order valence-corrected chi connectivity index (χ4v) is 1.72. The van der Waals surface area contributed by atoms with Gasteiger partial charge in [0.1, 0.15) is 0 Å². The van der Waals surface area contributed by atoms with Crippen molar-refractivity contribution < 1.29 is 0 Å². The molecule has 3 nitrogen and oxygen atoms in total. The number of hydrogen-bond donors (Lipinski definition) is 2.